The molecule has 2 rings (SSSR count). The zero-order valence-corrected chi connectivity index (χ0v) is 9.80. The van der Waals surface area contributed by atoms with Gasteiger partial charge in [-0.1, -0.05) is 0 Å². The second-order valence-corrected chi connectivity index (χ2v) is 3.97. The van der Waals surface area contributed by atoms with Crippen LogP contribution in [0.4, 0.5) is 0 Å². The van der Waals surface area contributed by atoms with Crippen LogP contribution in [0.3, 0.4) is 0 Å². The molecule has 0 saturated heterocycles. The van der Waals surface area contributed by atoms with E-state index in [1.54, 1.807) is 12.1 Å². The average molecular weight is 232 g/mol. The van der Waals surface area contributed by atoms with E-state index < -0.39 is 0 Å². The zero-order chi connectivity index (χ0) is 12.1. The highest BCUT2D eigenvalue weighted by Gasteiger charge is 1.96. The van der Waals surface area contributed by atoms with Crippen LogP contribution in [0, 0.1) is 6.92 Å². The van der Waals surface area contributed by atoms with Gasteiger partial charge in [0.25, 0.3) is 0 Å². The van der Waals surface area contributed by atoms with Crippen LogP contribution in [0.25, 0.3) is 0 Å². The molecule has 2 aromatic heterocycles. The third-order valence-electron chi connectivity index (χ3n) is 2.40. The summed E-state index contributed by atoms with van der Waals surface area (Å²) in [7, 11) is 0. The minimum Gasteiger partial charge on any atom is -0.506 e. The summed E-state index contributed by atoms with van der Waals surface area (Å²) in [4.78, 5) is 4.09. The van der Waals surface area contributed by atoms with Crippen molar-refractivity contribution in [2.45, 2.75) is 20.0 Å². The molecular formula is C12H16N4O. The minimum atomic E-state index is 0.195. The van der Waals surface area contributed by atoms with Crippen molar-refractivity contribution in [3.63, 3.8) is 0 Å². The van der Waals surface area contributed by atoms with Gasteiger partial charge in [0.15, 0.2) is 0 Å². The highest BCUT2D eigenvalue weighted by molar-refractivity contribution is 5.17. The molecule has 2 heterocycles. The summed E-state index contributed by atoms with van der Waals surface area (Å²) in [6, 6.07) is 3.45. The first-order valence-electron chi connectivity index (χ1n) is 5.58. The van der Waals surface area contributed by atoms with Gasteiger partial charge in [0.05, 0.1) is 24.6 Å². The van der Waals surface area contributed by atoms with Crippen LogP contribution in [0.5, 0.6) is 5.75 Å². The number of aromatic hydroxyl groups is 1. The molecule has 0 aliphatic rings. The van der Waals surface area contributed by atoms with Crippen LogP contribution in [0.1, 0.15) is 11.3 Å². The molecule has 0 fully saturated rings. The molecule has 90 valence electrons. The molecule has 5 heteroatoms. The summed E-state index contributed by atoms with van der Waals surface area (Å²) >= 11 is 0. The number of pyridine rings is 1. The minimum absolute atomic E-state index is 0.195. The Hall–Kier alpha value is -1.88. The fraction of sp³-hybridized carbons (Fsp3) is 0.333. The van der Waals surface area contributed by atoms with E-state index in [2.05, 4.69) is 15.4 Å². The normalized spacial score (nSPS) is 10.6. The number of nitrogens with zero attached hydrogens (tertiary/aromatic N) is 3. The molecule has 0 unspecified atom stereocenters. The maximum absolute atomic E-state index is 9.08. The van der Waals surface area contributed by atoms with Gasteiger partial charge >= 0.3 is 0 Å². The quantitative estimate of drug-likeness (QED) is 0.757. The molecule has 0 radical (unpaired) electrons. The van der Waals surface area contributed by atoms with E-state index in [0.717, 1.165) is 18.8 Å². The Bertz CT molecular complexity index is 464. The van der Waals surface area contributed by atoms with Gasteiger partial charge in [0.1, 0.15) is 5.75 Å². The topological polar surface area (TPSA) is 63.0 Å². The van der Waals surface area contributed by atoms with Crippen molar-refractivity contribution in [1.82, 2.24) is 20.1 Å². The fourth-order valence-electron chi connectivity index (χ4n) is 1.52. The molecule has 17 heavy (non-hydrogen) atoms. The highest BCUT2D eigenvalue weighted by Crippen LogP contribution is 2.05. The second kappa shape index (κ2) is 5.45. The van der Waals surface area contributed by atoms with Crippen molar-refractivity contribution in [3.8, 4) is 5.75 Å². The largest absolute Gasteiger partial charge is 0.506 e. The molecule has 0 atom stereocenters. The molecule has 2 N–H and O–H groups in total. The summed E-state index contributed by atoms with van der Waals surface area (Å²) < 4.78 is 1.91. The van der Waals surface area contributed by atoms with Crippen molar-refractivity contribution < 1.29 is 5.11 Å². The predicted molar refractivity (Wildman–Crippen MR) is 64.6 cm³/mol. The predicted octanol–water partition coefficient (Wildman–Crippen LogP) is 1.08. The van der Waals surface area contributed by atoms with Crippen molar-refractivity contribution in [3.05, 3.63) is 42.0 Å². The Labute approximate surface area is 100 Å². The van der Waals surface area contributed by atoms with Crippen LogP contribution in [0.2, 0.25) is 0 Å². The van der Waals surface area contributed by atoms with E-state index >= 15 is 0 Å². The molecule has 0 amide bonds. The first-order chi connectivity index (χ1) is 8.24. The van der Waals surface area contributed by atoms with Crippen molar-refractivity contribution in [2.75, 3.05) is 6.54 Å². The number of hydrogen-bond donors (Lipinski definition) is 2. The first kappa shape index (κ1) is 11.6. The monoisotopic (exact) mass is 232 g/mol. The van der Waals surface area contributed by atoms with Gasteiger partial charge in [-0.25, -0.2) is 0 Å². The molecule has 0 bridgehead atoms. The van der Waals surface area contributed by atoms with Crippen LogP contribution in [-0.4, -0.2) is 26.4 Å². The van der Waals surface area contributed by atoms with Crippen LogP contribution in [-0.2, 0) is 13.1 Å². The van der Waals surface area contributed by atoms with E-state index in [0.29, 0.717) is 6.54 Å². The Balaban J connectivity index is 1.71. The summed E-state index contributed by atoms with van der Waals surface area (Å²) in [6.07, 6.45) is 5.32. The third-order valence-corrected chi connectivity index (χ3v) is 2.40. The van der Waals surface area contributed by atoms with Crippen LogP contribution in [0.15, 0.2) is 30.7 Å². The first-order valence-corrected chi connectivity index (χ1v) is 5.58. The van der Waals surface area contributed by atoms with Crippen molar-refractivity contribution >= 4 is 0 Å². The SMILES string of the molecule is Cc1cnn(CCNCc2ccc(O)cn2)c1. The summed E-state index contributed by atoms with van der Waals surface area (Å²) in [5, 5.41) is 16.6. The maximum Gasteiger partial charge on any atom is 0.133 e. The summed E-state index contributed by atoms with van der Waals surface area (Å²) in [6.45, 7) is 4.40. The van der Waals surface area contributed by atoms with E-state index in [1.165, 1.54) is 11.8 Å². The summed E-state index contributed by atoms with van der Waals surface area (Å²) in [5.41, 5.74) is 2.09. The van der Waals surface area contributed by atoms with Gasteiger partial charge in [-0.15, -0.1) is 0 Å². The molecule has 5 nitrogen and oxygen atoms in total. The summed E-state index contributed by atoms with van der Waals surface area (Å²) in [5.74, 6) is 0.195. The van der Waals surface area contributed by atoms with Crippen molar-refractivity contribution in [2.24, 2.45) is 0 Å². The van der Waals surface area contributed by atoms with E-state index in [1.807, 2.05) is 24.0 Å². The van der Waals surface area contributed by atoms with Gasteiger partial charge in [-0.2, -0.15) is 5.10 Å². The number of aryl methyl sites for hydroxylation is 1. The molecule has 0 spiro atoms. The van der Waals surface area contributed by atoms with E-state index in [-0.39, 0.29) is 5.75 Å². The maximum atomic E-state index is 9.08. The lowest BCUT2D eigenvalue weighted by atomic mass is 10.3. The third kappa shape index (κ3) is 3.57. The lowest BCUT2D eigenvalue weighted by Gasteiger charge is -2.04. The van der Waals surface area contributed by atoms with Crippen LogP contribution >= 0.6 is 0 Å². The smallest absolute Gasteiger partial charge is 0.133 e. The van der Waals surface area contributed by atoms with Gasteiger partial charge in [-0.3, -0.25) is 9.67 Å². The Morgan fingerprint density at radius 2 is 2.24 bits per heavy atom. The molecule has 0 aliphatic carbocycles. The van der Waals surface area contributed by atoms with E-state index in [4.69, 9.17) is 5.11 Å². The Morgan fingerprint density at radius 3 is 2.88 bits per heavy atom. The van der Waals surface area contributed by atoms with Gasteiger partial charge in [0.2, 0.25) is 0 Å². The number of nitrogens with one attached hydrogen (secondary N) is 1. The standard InChI is InChI=1S/C12H16N4O/c1-10-6-15-16(9-10)5-4-13-7-11-2-3-12(17)8-14-11/h2-3,6,8-9,13,17H,4-5,7H2,1H3. The molecule has 0 aromatic carbocycles. The Morgan fingerprint density at radius 1 is 1.35 bits per heavy atom. The second-order valence-electron chi connectivity index (χ2n) is 3.97. The molecule has 2 aromatic rings. The van der Waals surface area contributed by atoms with Gasteiger partial charge < -0.3 is 10.4 Å². The number of rotatable bonds is 5. The van der Waals surface area contributed by atoms with Gasteiger partial charge in [0, 0.05) is 19.3 Å². The fourth-order valence-corrected chi connectivity index (χ4v) is 1.52. The Kier molecular flexibility index (Phi) is 3.72. The van der Waals surface area contributed by atoms with E-state index in [9.17, 15) is 0 Å². The lowest BCUT2D eigenvalue weighted by Crippen LogP contribution is -2.20. The zero-order valence-electron chi connectivity index (χ0n) is 9.80. The molecule has 0 aliphatic heterocycles. The molecule has 0 saturated carbocycles. The van der Waals surface area contributed by atoms with Crippen molar-refractivity contribution in [1.29, 1.82) is 0 Å². The lowest BCUT2D eigenvalue weighted by molar-refractivity contribution is 0.471. The highest BCUT2D eigenvalue weighted by atomic mass is 16.3. The number of hydrogen-bond acceptors (Lipinski definition) is 4. The van der Waals surface area contributed by atoms with Gasteiger partial charge in [-0.05, 0) is 24.6 Å². The average Bonchev–Trinajstić information content (AvgIpc) is 2.73. The van der Waals surface area contributed by atoms with Crippen LogP contribution < -0.4 is 5.32 Å². The number of aromatic nitrogens is 3. The molecular weight excluding hydrogens is 216 g/mol.